The molecule has 3 aliphatic rings. The lowest BCUT2D eigenvalue weighted by molar-refractivity contribution is -0.227. The molecule has 0 N–H and O–H groups in total. The lowest BCUT2D eigenvalue weighted by atomic mass is 9.78. The van der Waals surface area contributed by atoms with Gasteiger partial charge in [0.2, 0.25) is 5.79 Å². The van der Waals surface area contributed by atoms with E-state index in [1.54, 1.807) is 4.68 Å². The number of nitrogens with zero attached hydrogens (tertiary/aromatic N) is 3. The lowest BCUT2D eigenvalue weighted by Gasteiger charge is -2.48. The molecule has 1 spiro atoms. The molecular weight excluding hydrogens is 735 g/mol. The second-order valence-electron chi connectivity index (χ2n) is 17.7. The van der Waals surface area contributed by atoms with Crippen molar-refractivity contribution < 1.29 is 18.6 Å². The Hall–Kier alpha value is -4.44. The number of hydrogen-bond acceptors (Lipinski definition) is 6. The zero-order valence-electron chi connectivity index (χ0n) is 35.7. The summed E-state index contributed by atoms with van der Waals surface area (Å²) in [7, 11) is -2.85. The molecule has 5 atom stereocenters. The standard InChI is InChI=1S/C50H61N3O4Si/c1-36(2)19-18-20-37(3)27-43-28-38(4)31-50(56-43)32-40(34-55-58(49(6,7)8,44-23-14-10-15-24-44)45-25-16-11-17-26-45)46-30-47(39(5)29-48(46)57-50)54-35-41-33-53(52-51-41)42-21-12-9-13-22-42/h9-17,19,21-27,29,31-33,43,46-48H,18,20,28,30,34-35H2,1-8H3/b37-27+/t43-,46-,47?,48-,50+/m1/s1. The normalized spacial score (nSPS) is 23.8. The van der Waals surface area contributed by atoms with E-state index in [9.17, 15) is 0 Å². The van der Waals surface area contributed by atoms with Gasteiger partial charge in [-0.05, 0) is 111 Å². The van der Waals surface area contributed by atoms with Gasteiger partial charge in [0.05, 0.1) is 43.4 Å². The van der Waals surface area contributed by atoms with Crippen molar-refractivity contribution in [3.05, 3.63) is 161 Å². The van der Waals surface area contributed by atoms with E-state index in [1.807, 2.05) is 36.5 Å². The summed E-state index contributed by atoms with van der Waals surface area (Å²) >= 11 is 0. The van der Waals surface area contributed by atoms with Crippen molar-refractivity contribution in [3.8, 4) is 5.69 Å². The summed E-state index contributed by atoms with van der Waals surface area (Å²) in [6, 6.07) is 31.8. The zero-order chi connectivity index (χ0) is 40.9. The SMILES string of the molecule is CC(C)=CCC/C(C)=C/[C@@H]1CC(C)=C[C@]2(C=C(CO[Si](c3ccccc3)(c3ccccc3)C(C)(C)C)[C@H]3CC(OCc4cn(-c5ccccc5)nn4)C(C)=C[C@H]3O2)O1. The molecule has 7 nitrogen and oxygen atoms in total. The van der Waals surface area contributed by atoms with Crippen LogP contribution in [0.25, 0.3) is 5.69 Å². The molecule has 1 aromatic heterocycles. The molecule has 4 aromatic rings. The van der Waals surface area contributed by atoms with Crippen LogP contribution in [0.3, 0.4) is 0 Å². The molecule has 0 saturated heterocycles. The highest BCUT2D eigenvalue weighted by Gasteiger charge is 2.52. The minimum Gasteiger partial charge on any atom is -0.403 e. The Morgan fingerprint density at radius 2 is 1.53 bits per heavy atom. The first-order valence-corrected chi connectivity index (χ1v) is 22.8. The average molecular weight is 796 g/mol. The van der Waals surface area contributed by atoms with Crippen molar-refractivity contribution in [3.63, 3.8) is 0 Å². The minimum absolute atomic E-state index is 0.0246. The number of hydrogen-bond donors (Lipinski definition) is 0. The highest BCUT2D eigenvalue weighted by Crippen LogP contribution is 2.45. The molecule has 0 radical (unpaired) electrons. The van der Waals surface area contributed by atoms with Gasteiger partial charge in [-0.3, -0.25) is 0 Å². The van der Waals surface area contributed by atoms with Gasteiger partial charge in [-0.1, -0.05) is 140 Å². The van der Waals surface area contributed by atoms with Crippen LogP contribution in [0.15, 0.2) is 155 Å². The largest absolute Gasteiger partial charge is 0.403 e. The third-order valence-electron chi connectivity index (χ3n) is 11.7. The van der Waals surface area contributed by atoms with E-state index in [1.165, 1.54) is 32.7 Å². The van der Waals surface area contributed by atoms with Crippen molar-refractivity contribution in [2.45, 2.75) is 117 Å². The molecule has 8 heteroatoms. The summed E-state index contributed by atoms with van der Waals surface area (Å²) in [6.45, 7) is 18.7. The summed E-state index contributed by atoms with van der Waals surface area (Å²) < 4.78 is 30.3. The van der Waals surface area contributed by atoms with E-state index in [-0.39, 0.29) is 29.3 Å². The van der Waals surface area contributed by atoms with Gasteiger partial charge in [0.1, 0.15) is 5.69 Å². The molecule has 0 saturated carbocycles. The van der Waals surface area contributed by atoms with Crippen molar-refractivity contribution >= 4 is 18.7 Å². The summed E-state index contributed by atoms with van der Waals surface area (Å²) in [5.74, 6) is -0.994. The van der Waals surface area contributed by atoms with Crippen LogP contribution in [0.4, 0.5) is 0 Å². The van der Waals surface area contributed by atoms with E-state index in [0.717, 1.165) is 42.6 Å². The van der Waals surface area contributed by atoms with Crippen LogP contribution in [0, 0.1) is 5.92 Å². The molecule has 3 aromatic carbocycles. The zero-order valence-corrected chi connectivity index (χ0v) is 36.7. The van der Waals surface area contributed by atoms with Crippen LogP contribution in [-0.2, 0) is 25.2 Å². The fraction of sp³-hybridized carbons (Fsp3) is 0.400. The monoisotopic (exact) mass is 795 g/mol. The Labute approximate surface area is 347 Å². The average Bonchev–Trinajstić information content (AvgIpc) is 3.67. The third kappa shape index (κ3) is 9.38. The smallest absolute Gasteiger partial charge is 0.261 e. The molecule has 304 valence electrons. The van der Waals surface area contributed by atoms with E-state index >= 15 is 0 Å². The van der Waals surface area contributed by atoms with E-state index < -0.39 is 14.1 Å². The summed E-state index contributed by atoms with van der Waals surface area (Å²) in [6.07, 6.45) is 16.4. The van der Waals surface area contributed by atoms with Crippen molar-refractivity contribution in [2.75, 3.05) is 6.61 Å². The first kappa shape index (κ1) is 41.7. The number of ether oxygens (including phenoxy) is 3. The topological polar surface area (TPSA) is 67.6 Å². The number of para-hydroxylation sites is 1. The molecule has 58 heavy (non-hydrogen) atoms. The maximum atomic E-state index is 7.65. The van der Waals surface area contributed by atoms with E-state index in [0.29, 0.717) is 13.2 Å². The molecule has 1 unspecified atom stereocenters. The highest BCUT2D eigenvalue weighted by atomic mass is 28.4. The van der Waals surface area contributed by atoms with Crippen LogP contribution >= 0.6 is 0 Å². The Balaban J connectivity index is 1.22. The molecule has 0 fully saturated rings. The predicted octanol–water partition coefficient (Wildman–Crippen LogP) is 10.1. The third-order valence-corrected chi connectivity index (χ3v) is 16.7. The summed E-state index contributed by atoms with van der Waals surface area (Å²) in [5.41, 5.74) is 8.02. The van der Waals surface area contributed by atoms with Gasteiger partial charge in [-0.15, -0.1) is 5.10 Å². The first-order valence-electron chi connectivity index (χ1n) is 20.9. The van der Waals surface area contributed by atoms with E-state index in [4.69, 9.17) is 18.6 Å². The van der Waals surface area contributed by atoms with E-state index in [2.05, 4.69) is 157 Å². The second kappa shape index (κ2) is 17.8. The maximum Gasteiger partial charge on any atom is 0.261 e. The number of allylic oxidation sites excluding steroid dienone is 3. The molecule has 2 aliphatic heterocycles. The van der Waals surface area contributed by atoms with Crippen molar-refractivity contribution in [1.82, 2.24) is 15.0 Å². The second-order valence-corrected chi connectivity index (χ2v) is 22.0. The Morgan fingerprint density at radius 1 is 0.879 bits per heavy atom. The molecule has 0 bridgehead atoms. The molecule has 3 heterocycles. The number of aromatic nitrogens is 3. The Morgan fingerprint density at radius 3 is 2.17 bits per heavy atom. The highest BCUT2D eigenvalue weighted by molar-refractivity contribution is 6.99. The number of rotatable bonds is 13. The van der Waals surface area contributed by atoms with Gasteiger partial charge < -0.3 is 18.6 Å². The van der Waals surface area contributed by atoms with Crippen LogP contribution in [0.2, 0.25) is 5.04 Å². The van der Waals surface area contributed by atoms with Crippen LogP contribution in [-0.4, -0.2) is 54.0 Å². The van der Waals surface area contributed by atoms with Crippen LogP contribution in [0.1, 0.15) is 86.8 Å². The fourth-order valence-corrected chi connectivity index (χ4v) is 13.5. The number of fused-ring (bicyclic) bond motifs is 1. The van der Waals surface area contributed by atoms with Gasteiger partial charge in [0.25, 0.3) is 8.32 Å². The lowest BCUT2D eigenvalue weighted by Crippen LogP contribution is -2.67. The van der Waals surface area contributed by atoms with Gasteiger partial charge >= 0.3 is 0 Å². The molecule has 1 aliphatic carbocycles. The van der Waals surface area contributed by atoms with Crippen molar-refractivity contribution in [2.24, 2.45) is 5.92 Å². The molecule has 0 amide bonds. The fourth-order valence-electron chi connectivity index (χ4n) is 8.93. The Bertz CT molecular complexity index is 2120. The quantitative estimate of drug-likeness (QED) is 0.0992. The van der Waals surface area contributed by atoms with Crippen molar-refractivity contribution in [1.29, 1.82) is 0 Å². The predicted molar refractivity (Wildman–Crippen MR) is 237 cm³/mol. The first-order chi connectivity index (χ1) is 27.8. The van der Waals surface area contributed by atoms with Crippen LogP contribution in [0.5, 0.6) is 0 Å². The Kier molecular flexibility index (Phi) is 12.8. The van der Waals surface area contributed by atoms with Gasteiger partial charge in [-0.2, -0.15) is 0 Å². The maximum absolute atomic E-state index is 7.65. The van der Waals surface area contributed by atoms with Gasteiger partial charge in [0.15, 0.2) is 0 Å². The summed E-state index contributed by atoms with van der Waals surface area (Å²) in [5, 5.41) is 11.2. The number of benzene rings is 3. The van der Waals surface area contributed by atoms with Gasteiger partial charge in [-0.25, -0.2) is 4.68 Å². The minimum atomic E-state index is -2.85. The van der Waals surface area contributed by atoms with Crippen LogP contribution < -0.4 is 10.4 Å². The summed E-state index contributed by atoms with van der Waals surface area (Å²) in [4.78, 5) is 0. The molecule has 7 rings (SSSR count). The van der Waals surface area contributed by atoms with Gasteiger partial charge in [0, 0.05) is 5.92 Å². The molecular formula is C50H61N3O4Si.